The lowest BCUT2D eigenvalue weighted by molar-refractivity contribution is -0.0876. The largest absolute Gasteiger partial charge is 0.370 e. The van der Waals surface area contributed by atoms with Crippen molar-refractivity contribution in [2.75, 3.05) is 25.7 Å². The molecule has 0 atom stereocenters. The van der Waals surface area contributed by atoms with Crippen molar-refractivity contribution in [2.24, 2.45) is 0 Å². The van der Waals surface area contributed by atoms with Gasteiger partial charge in [-0.2, -0.15) is 0 Å². The van der Waals surface area contributed by atoms with E-state index in [9.17, 15) is 0 Å². The van der Waals surface area contributed by atoms with E-state index in [1.165, 1.54) is 5.56 Å². The van der Waals surface area contributed by atoms with Gasteiger partial charge >= 0.3 is 0 Å². The van der Waals surface area contributed by atoms with Crippen LogP contribution in [0.1, 0.15) is 31.7 Å². The molecule has 1 fully saturated rings. The van der Waals surface area contributed by atoms with Gasteiger partial charge in [0.25, 0.3) is 0 Å². The van der Waals surface area contributed by atoms with Crippen LogP contribution in [0.4, 0.5) is 0 Å². The van der Waals surface area contributed by atoms with Gasteiger partial charge in [-0.15, -0.1) is 11.6 Å². The van der Waals surface area contributed by atoms with E-state index >= 15 is 0 Å². The third-order valence-electron chi connectivity index (χ3n) is 3.72. The first-order valence-corrected chi connectivity index (χ1v) is 7.32. The quantitative estimate of drug-likeness (QED) is 0.597. The summed E-state index contributed by atoms with van der Waals surface area (Å²) in [6.07, 6.45) is 3.13. The van der Waals surface area contributed by atoms with Crippen molar-refractivity contribution < 1.29 is 4.74 Å². The number of piperidine rings is 1. The van der Waals surface area contributed by atoms with Gasteiger partial charge in [-0.25, -0.2) is 0 Å². The molecule has 2 rings (SSSR count). The molecule has 0 radical (unpaired) electrons. The summed E-state index contributed by atoms with van der Waals surface area (Å²) in [5.74, 6) is 0. The van der Waals surface area contributed by atoms with Crippen LogP contribution >= 0.6 is 11.6 Å². The van der Waals surface area contributed by atoms with Crippen LogP contribution in [0.15, 0.2) is 30.3 Å². The van der Waals surface area contributed by atoms with Gasteiger partial charge in [0.15, 0.2) is 0 Å². The highest BCUT2D eigenvalue weighted by Crippen LogP contribution is 2.36. The van der Waals surface area contributed by atoms with Crippen LogP contribution in [0.5, 0.6) is 0 Å². The van der Waals surface area contributed by atoms with Crippen LogP contribution in [0.25, 0.3) is 0 Å². The third-order valence-corrected chi connectivity index (χ3v) is 4.05. The lowest BCUT2D eigenvalue weighted by atomic mass is 9.84. The Hall–Kier alpha value is -0.570. The predicted molar refractivity (Wildman–Crippen MR) is 75.9 cm³/mol. The minimum Gasteiger partial charge on any atom is -0.370 e. The number of alkyl halides is 1. The molecule has 0 amide bonds. The Labute approximate surface area is 115 Å². The van der Waals surface area contributed by atoms with Gasteiger partial charge in [-0.3, -0.25) is 4.90 Å². The molecule has 1 saturated heterocycles. The lowest BCUT2D eigenvalue weighted by Crippen LogP contribution is -2.44. The van der Waals surface area contributed by atoms with Crippen molar-refractivity contribution in [3.63, 3.8) is 0 Å². The number of nitrogens with zero attached hydrogens (tertiary/aromatic N) is 1. The molecule has 0 unspecified atom stereocenters. The fourth-order valence-corrected chi connectivity index (χ4v) is 2.83. The minimum atomic E-state index is -0.0974. The van der Waals surface area contributed by atoms with Gasteiger partial charge in [-0.05, 0) is 24.8 Å². The third kappa shape index (κ3) is 3.05. The second kappa shape index (κ2) is 6.55. The standard InChI is InChI=1S/C15H22ClNO/c1-2-12-18-15(14-6-4-3-5-7-14)8-10-17(13-16)11-9-15/h3-7H,2,8-13H2,1H3. The Morgan fingerprint density at radius 3 is 2.44 bits per heavy atom. The SMILES string of the molecule is CCCOC1(c2ccccc2)CCN(CCl)CC1. The highest BCUT2D eigenvalue weighted by Gasteiger charge is 2.36. The number of halogens is 1. The van der Waals surface area contributed by atoms with E-state index in [0.717, 1.165) is 39.0 Å². The monoisotopic (exact) mass is 267 g/mol. The van der Waals surface area contributed by atoms with Crippen molar-refractivity contribution >= 4 is 11.6 Å². The summed E-state index contributed by atoms with van der Waals surface area (Å²) >= 11 is 5.91. The molecule has 0 bridgehead atoms. The normalized spacial score (nSPS) is 19.9. The number of rotatable bonds is 5. The van der Waals surface area contributed by atoms with Crippen LogP contribution < -0.4 is 0 Å². The summed E-state index contributed by atoms with van der Waals surface area (Å²) in [5, 5.41) is 0. The van der Waals surface area contributed by atoms with Crippen LogP contribution in [0.3, 0.4) is 0 Å². The molecule has 100 valence electrons. The van der Waals surface area contributed by atoms with E-state index in [1.54, 1.807) is 0 Å². The number of likely N-dealkylation sites (tertiary alicyclic amines) is 1. The van der Waals surface area contributed by atoms with E-state index in [2.05, 4.69) is 42.2 Å². The van der Waals surface area contributed by atoms with Crippen molar-refractivity contribution in [1.29, 1.82) is 0 Å². The first-order valence-electron chi connectivity index (χ1n) is 6.78. The average molecular weight is 268 g/mol. The molecule has 0 aliphatic carbocycles. The van der Waals surface area contributed by atoms with Crippen LogP contribution in [-0.2, 0) is 10.3 Å². The van der Waals surface area contributed by atoms with Crippen molar-refractivity contribution in [3.05, 3.63) is 35.9 Å². The Kier molecular flexibility index (Phi) is 5.04. The smallest absolute Gasteiger partial charge is 0.0955 e. The number of ether oxygens (including phenoxy) is 1. The van der Waals surface area contributed by atoms with Gasteiger partial charge < -0.3 is 4.74 Å². The zero-order valence-corrected chi connectivity index (χ0v) is 11.8. The molecule has 1 heterocycles. The minimum absolute atomic E-state index is 0.0974. The molecular formula is C15H22ClNO. The summed E-state index contributed by atoms with van der Waals surface area (Å²) in [5.41, 5.74) is 1.22. The fraction of sp³-hybridized carbons (Fsp3) is 0.600. The molecule has 2 nitrogen and oxygen atoms in total. The highest BCUT2D eigenvalue weighted by atomic mass is 35.5. The second-order valence-corrected chi connectivity index (χ2v) is 5.19. The molecule has 1 aromatic rings. The summed E-state index contributed by atoms with van der Waals surface area (Å²) in [7, 11) is 0. The molecule has 0 saturated carbocycles. The number of benzene rings is 1. The zero-order valence-electron chi connectivity index (χ0n) is 11.1. The Morgan fingerprint density at radius 2 is 1.89 bits per heavy atom. The van der Waals surface area contributed by atoms with Crippen LogP contribution in [0, 0.1) is 0 Å². The van der Waals surface area contributed by atoms with Gasteiger partial charge in [0.2, 0.25) is 0 Å². The van der Waals surface area contributed by atoms with Crippen molar-refractivity contribution in [1.82, 2.24) is 4.90 Å². The average Bonchev–Trinajstić information content (AvgIpc) is 2.46. The van der Waals surface area contributed by atoms with E-state index in [-0.39, 0.29) is 5.60 Å². The Morgan fingerprint density at radius 1 is 1.22 bits per heavy atom. The first kappa shape index (κ1) is 13.9. The van der Waals surface area contributed by atoms with Gasteiger partial charge in [0, 0.05) is 19.7 Å². The summed E-state index contributed by atoms with van der Waals surface area (Å²) in [4.78, 5) is 2.28. The zero-order chi connectivity index (χ0) is 12.8. The Bertz CT molecular complexity index is 347. The summed E-state index contributed by atoms with van der Waals surface area (Å²) in [6, 6.07) is 11.3. The molecule has 0 spiro atoms. The van der Waals surface area contributed by atoms with Crippen molar-refractivity contribution in [3.8, 4) is 0 Å². The highest BCUT2D eigenvalue weighted by molar-refractivity contribution is 6.17. The molecule has 1 aliphatic heterocycles. The topological polar surface area (TPSA) is 12.5 Å². The van der Waals surface area contributed by atoms with E-state index in [4.69, 9.17) is 16.3 Å². The summed E-state index contributed by atoms with van der Waals surface area (Å²) < 4.78 is 6.23. The van der Waals surface area contributed by atoms with Crippen molar-refractivity contribution in [2.45, 2.75) is 31.8 Å². The molecule has 1 aliphatic rings. The maximum atomic E-state index is 6.23. The summed E-state index contributed by atoms with van der Waals surface area (Å²) in [6.45, 7) is 5.02. The van der Waals surface area contributed by atoms with E-state index in [1.807, 2.05) is 0 Å². The second-order valence-electron chi connectivity index (χ2n) is 4.95. The van der Waals surface area contributed by atoms with Gasteiger partial charge in [0.05, 0.1) is 11.6 Å². The maximum absolute atomic E-state index is 6.23. The fourth-order valence-electron chi connectivity index (χ4n) is 2.59. The molecule has 18 heavy (non-hydrogen) atoms. The molecule has 3 heteroatoms. The first-order chi connectivity index (χ1) is 8.80. The van der Waals surface area contributed by atoms with Gasteiger partial charge in [0.1, 0.15) is 0 Å². The lowest BCUT2D eigenvalue weighted by Gasteiger charge is -2.41. The van der Waals surface area contributed by atoms with Gasteiger partial charge in [-0.1, -0.05) is 37.3 Å². The molecule has 1 aromatic carbocycles. The Balaban J connectivity index is 2.14. The molecular weight excluding hydrogens is 246 g/mol. The number of hydrogen-bond donors (Lipinski definition) is 0. The molecule has 0 N–H and O–H groups in total. The number of hydrogen-bond acceptors (Lipinski definition) is 2. The van der Waals surface area contributed by atoms with Crippen LogP contribution in [-0.4, -0.2) is 30.6 Å². The maximum Gasteiger partial charge on any atom is 0.0955 e. The molecule has 0 aromatic heterocycles. The van der Waals surface area contributed by atoms with E-state index in [0.29, 0.717) is 6.00 Å². The predicted octanol–water partition coefficient (Wildman–Crippen LogP) is 3.60. The van der Waals surface area contributed by atoms with Crippen LogP contribution in [0.2, 0.25) is 0 Å². The van der Waals surface area contributed by atoms with E-state index < -0.39 is 0 Å².